The second-order valence-corrected chi connectivity index (χ2v) is 10.9. The van der Waals surface area contributed by atoms with Crippen LogP contribution in [0.4, 0.5) is 17.3 Å². The van der Waals surface area contributed by atoms with E-state index < -0.39 is 0 Å². The summed E-state index contributed by atoms with van der Waals surface area (Å²) < 4.78 is 0. The lowest BCUT2D eigenvalue weighted by Gasteiger charge is -2.41. The number of nitrogens with one attached hydrogen (secondary N) is 1. The predicted octanol–water partition coefficient (Wildman–Crippen LogP) is 6.12. The Morgan fingerprint density at radius 1 is 1.09 bits per heavy atom. The minimum absolute atomic E-state index is 0.428. The zero-order valence-corrected chi connectivity index (χ0v) is 21.0. The zero-order chi connectivity index (χ0) is 22.9. The molecule has 170 valence electrons. The van der Waals surface area contributed by atoms with Crippen LogP contribution in [0.2, 0.25) is 0 Å². The van der Waals surface area contributed by atoms with E-state index in [1.165, 1.54) is 27.8 Å². The van der Waals surface area contributed by atoms with Gasteiger partial charge in [0.25, 0.3) is 0 Å². The van der Waals surface area contributed by atoms with Crippen molar-refractivity contribution in [1.82, 2.24) is 19.9 Å². The van der Waals surface area contributed by atoms with Crippen LogP contribution in [0.3, 0.4) is 0 Å². The Kier molecular flexibility index (Phi) is 6.21. The highest BCUT2D eigenvalue weighted by Gasteiger charge is 2.28. The molecule has 3 aromatic heterocycles. The fourth-order valence-corrected chi connectivity index (χ4v) is 5.75. The molecule has 1 aliphatic rings. The van der Waals surface area contributed by atoms with Crippen LogP contribution in [0.5, 0.6) is 0 Å². The Hall–Kier alpha value is -2.71. The molecule has 0 bridgehead atoms. The Morgan fingerprint density at radius 3 is 2.67 bits per heavy atom. The van der Waals surface area contributed by atoms with Gasteiger partial charge in [-0.1, -0.05) is 19.9 Å². The van der Waals surface area contributed by atoms with Crippen LogP contribution in [0.15, 0.2) is 42.9 Å². The van der Waals surface area contributed by atoms with Crippen LogP contribution < -0.4 is 10.2 Å². The normalized spacial score (nSPS) is 14.2. The number of hydrogen-bond acceptors (Lipinski definition) is 8. The lowest BCUT2D eigenvalue weighted by atomic mass is 9.93. The predicted molar refractivity (Wildman–Crippen MR) is 141 cm³/mol. The second kappa shape index (κ2) is 9.27. The summed E-state index contributed by atoms with van der Waals surface area (Å²) >= 11 is 3.53. The molecular formula is C25H28N6S2. The van der Waals surface area contributed by atoms with Gasteiger partial charge in [0, 0.05) is 48.7 Å². The standard InChI is InChI=1S/C25H28N6S2/c1-15(2)18-5-6-21(31-12-17(13-31)14-32-4)20-10-28-24(9-19(18)20)29-23-7-8-26-25(30-23)22-11-27-16(3)33-22/h5-11,15,17H,12-14H2,1-4H3,(H,26,28,29,30). The van der Waals surface area contributed by atoms with E-state index in [1.807, 2.05) is 37.1 Å². The van der Waals surface area contributed by atoms with E-state index in [0.29, 0.717) is 11.7 Å². The van der Waals surface area contributed by atoms with Crippen LogP contribution in [0, 0.1) is 12.8 Å². The van der Waals surface area contributed by atoms with Crippen LogP contribution in [-0.2, 0) is 0 Å². The molecule has 5 rings (SSSR count). The second-order valence-electron chi connectivity index (χ2n) is 8.80. The molecule has 1 fully saturated rings. The molecule has 1 aliphatic heterocycles. The SMILES string of the molecule is CSCC1CN(c2ccc(C(C)C)c3cc(Nc4ccnc(-c5cnc(C)s5)n4)ncc23)C1. The minimum atomic E-state index is 0.428. The fraction of sp³-hybridized carbons (Fsp3) is 0.360. The van der Waals surface area contributed by atoms with Gasteiger partial charge in [-0.15, -0.1) is 11.3 Å². The molecule has 33 heavy (non-hydrogen) atoms. The van der Waals surface area contributed by atoms with Crippen molar-refractivity contribution in [2.45, 2.75) is 26.7 Å². The molecule has 1 N–H and O–H groups in total. The summed E-state index contributed by atoms with van der Waals surface area (Å²) in [7, 11) is 0. The van der Waals surface area contributed by atoms with E-state index in [4.69, 9.17) is 4.98 Å². The van der Waals surface area contributed by atoms with Gasteiger partial charge in [-0.3, -0.25) is 0 Å². The van der Waals surface area contributed by atoms with Crippen molar-refractivity contribution in [3.8, 4) is 10.7 Å². The first kappa shape index (κ1) is 22.1. The average molecular weight is 477 g/mol. The number of thioether (sulfide) groups is 1. The van der Waals surface area contributed by atoms with E-state index in [1.54, 1.807) is 17.5 Å². The highest BCUT2D eigenvalue weighted by atomic mass is 32.2. The number of hydrogen-bond donors (Lipinski definition) is 1. The molecule has 0 amide bonds. The molecule has 4 aromatic rings. The third kappa shape index (κ3) is 4.54. The fourth-order valence-electron chi connectivity index (χ4n) is 4.34. The molecule has 6 nitrogen and oxygen atoms in total. The van der Waals surface area contributed by atoms with Crippen molar-refractivity contribution < 1.29 is 0 Å². The van der Waals surface area contributed by atoms with Gasteiger partial charge >= 0.3 is 0 Å². The summed E-state index contributed by atoms with van der Waals surface area (Å²) in [6.07, 6.45) is 7.79. The van der Waals surface area contributed by atoms with Crippen LogP contribution in [0.1, 0.15) is 30.3 Å². The molecule has 8 heteroatoms. The molecule has 1 aromatic carbocycles. The number of pyridine rings is 1. The Labute approximate surface area is 202 Å². The van der Waals surface area contributed by atoms with Crippen LogP contribution >= 0.6 is 23.1 Å². The van der Waals surface area contributed by atoms with Crippen molar-refractivity contribution in [2.24, 2.45) is 5.92 Å². The van der Waals surface area contributed by atoms with Crippen LogP contribution in [0.25, 0.3) is 21.5 Å². The summed E-state index contributed by atoms with van der Waals surface area (Å²) in [5, 5.41) is 6.86. The van der Waals surface area contributed by atoms with E-state index in [9.17, 15) is 0 Å². The van der Waals surface area contributed by atoms with Gasteiger partial charge in [-0.2, -0.15) is 11.8 Å². The van der Waals surface area contributed by atoms with Crippen molar-refractivity contribution in [3.05, 3.63) is 53.4 Å². The topological polar surface area (TPSA) is 66.8 Å². The number of benzene rings is 1. The van der Waals surface area contributed by atoms with Gasteiger partial charge < -0.3 is 10.2 Å². The van der Waals surface area contributed by atoms with E-state index in [2.05, 4.69) is 63.5 Å². The van der Waals surface area contributed by atoms with Gasteiger partial charge in [-0.05, 0) is 54.0 Å². The number of aryl methyl sites for hydroxylation is 1. The molecule has 0 saturated carbocycles. The summed E-state index contributed by atoms with van der Waals surface area (Å²) in [4.78, 5) is 21.6. The number of thiazole rings is 1. The van der Waals surface area contributed by atoms with Gasteiger partial charge in [0.15, 0.2) is 5.82 Å². The Bertz CT molecular complexity index is 1280. The van der Waals surface area contributed by atoms with E-state index in [0.717, 1.165) is 40.5 Å². The monoisotopic (exact) mass is 476 g/mol. The lowest BCUT2D eigenvalue weighted by Crippen LogP contribution is -2.48. The zero-order valence-electron chi connectivity index (χ0n) is 19.4. The number of rotatable bonds is 7. The third-order valence-corrected chi connectivity index (χ3v) is 7.70. The number of nitrogens with zero attached hydrogens (tertiary/aromatic N) is 5. The van der Waals surface area contributed by atoms with Crippen molar-refractivity contribution >= 4 is 51.2 Å². The molecule has 4 heterocycles. The molecule has 0 atom stereocenters. The molecule has 0 aliphatic carbocycles. The molecule has 1 saturated heterocycles. The third-order valence-electron chi connectivity index (χ3n) is 5.99. The smallest absolute Gasteiger partial charge is 0.173 e. The van der Waals surface area contributed by atoms with Crippen LogP contribution in [-0.4, -0.2) is 45.0 Å². The summed E-state index contributed by atoms with van der Waals surface area (Å²) in [6.45, 7) is 8.72. The summed E-state index contributed by atoms with van der Waals surface area (Å²) in [5.74, 6) is 4.63. The minimum Gasteiger partial charge on any atom is -0.370 e. The highest BCUT2D eigenvalue weighted by Crippen LogP contribution is 2.37. The quantitative estimate of drug-likeness (QED) is 0.344. The maximum Gasteiger partial charge on any atom is 0.173 e. The number of fused-ring (bicyclic) bond motifs is 1. The van der Waals surface area contributed by atoms with E-state index >= 15 is 0 Å². The average Bonchev–Trinajstić information content (AvgIpc) is 3.22. The lowest BCUT2D eigenvalue weighted by molar-refractivity contribution is 0.456. The first-order valence-corrected chi connectivity index (χ1v) is 13.4. The largest absolute Gasteiger partial charge is 0.370 e. The molecule has 0 radical (unpaired) electrons. The highest BCUT2D eigenvalue weighted by molar-refractivity contribution is 7.98. The van der Waals surface area contributed by atoms with Crippen molar-refractivity contribution in [3.63, 3.8) is 0 Å². The number of anilines is 3. The molecule has 0 unspecified atom stereocenters. The summed E-state index contributed by atoms with van der Waals surface area (Å²) in [6, 6.07) is 8.58. The first-order chi connectivity index (χ1) is 16.0. The van der Waals surface area contributed by atoms with Gasteiger partial charge in [0.05, 0.1) is 9.88 Å². The van der Waals surface area contributed by atoms with Crippen molar-refractivity contribution in [2.75, 3.05) is 35.3 Å². The first-order valence-electron chi connectivity index (χ1n) is 11.2. The number of aromatic nitrogens is 4. The van der Waals surface area contributed by atoms with Gasteiger partial charge in [0.2, 0.25) is 0 Å². The maximum absolute atomic E-state index is 4.75. The van der Waals surface area contributed by atoms with Gasteiger partial charge in [0.1, 0.15) is 11.6 Å². The maximum atomic E-state index is 4.75. The Morgan fingerprint density at radius 2 is 1.94 bits per heavy atom. The molecular weight excluding hydrogens is 448 g/mol. The summed E-state index contributed by atoms with van der Waals surface area (Å²) in [5.41, 5.74) is 2.62. The Balaban J connectivity index is 1.46. The van der Waals surface area contributed by atoms with Gasteiger partial charge in [-0.25, -0.2) is 19.9 Å². The molecule has 0 spiro atoms. The van der Waals surface area contributed by atoms with Crippen molar-refractivity contribution in [1.29, 1.82) is 0 Å². The van der Waals surface area contributed by atoms with E-state index in [-0.39, 0.29) is 0 Å².